The molecule has 0 fully saturated rings. The van der Waals surface area contributed by atoms with Crippen molar-refractivity contribution in [3.8, 4) is 0 Å². The van der Waals surface area contributed by atoms with Crippen LogP contribution in [-0.4, -0.2) is 33.5 Å². The largest absolute Gasteiger partial charge is 0.465 e. The molecule has 1 aliphatic rings. The molecule has 0 spiro atoms. The Balaban J connectivity index is 1.61. The van der Waals surface area contributed by atoms with Gasteiger partial charge in [0.2, 0.25) is 0 Å². The summed E-state index contributed by atoms with van der Waals surface area (Å²) < 4.78 is 6.96. The summed E-state index contributed by atoms with van der Waals surface area (Å²) >= 11 is 5.99. The molecule has 0 saturated heterocycles. The zero-order valence-corrected chi connectivity index (χ0v) is 15.6. The molecule has 0 radical (unpaired) electrons. The first-order chi connectivity index (χ1) is 13.5. The van der Waals surface area contributed by atoms with Gasteiger partial charge in [-0.15, -0.1) is 0 Å². The van der Waals surface area contributed by atoms with E-state index in [-0.39, 0.29) is 13.1 Å². The van der Waals surface area contributed by atoms with Crippen molar-refractivity contribution in [2.75, 3.05) is 12.0 Å². The molecule has 3 aromatic rings. The number of esters is 1. The number of fused-ring (bicyclic) bond motifs is 1. The van der Waals surface area contributed by atoms with Crippen LogP contribution in [0, 0.1) is 0 Å². The second kappa shape index (κ2) is 6.97. The zero-order chi connectivity index (χ0) is 19.8. The molecule has 4 rings (SSSR count). The maximum absolute atomic E-state index is 12.7. The molecule has 0 atom stereocenters. The van der Waals surface area contributed by atoms with Gasteiger partial charge in [0.1, 0.15) is 0 Å². The Kier molecular flexibility index (Phi) is 4.48. The van der Waals surface area contributed by atoms with Crippen LogP contribution in [0.1, 0.15) is 21.7 Å². The molecule has 1 aromatic heterocycles. The number of amides is 1. The number of hydrogen-bond donors (Lipinski definition) is 0. The standard InChI is InChI=1S/C19H15ClN4O4/c1-28-17(25)13-5-2-4-12(8-13)10-23-19(27)24-16(21-23)11-22(18(24)26)15-7-3-6-14(20)9-15/h2-9H,10-11H2,1H3. The van der Waals surface area contributed by atoms with Crippen LogP contribution in [-0.2, 0) is 17.8 Å². The first-order valence-electron chi connectivity index (χ1n) is 8.41. The van der Waals surface area contributed by atoms with Gasteiger partial charge in [0.05, 0.1) is 25.8 Å². The monoisotopic (exact) mass is 398 g/mol. The van der Waals surface area contributed by atoms with Gasteiger partial charge in [0, 0.05) is 10.7 Å². The molecule has 0 unspecified atom stereocenters. The topological polar surface area (TPSA) is 86.4 Å². The van der Waals surface area contributed by atoms with Crippen LogP contribution in [0.15, 0.2) is 53.3 Å². The van der Waals surface area contributed by atoms with Crippen molar-refractivity contribution < 1.29 is 14.3 Å². The minimum absolute atomic E-state index is 0.133. The average molecular weight is 399 g/mol. The van der Waals surface area contributed by atoms with Crippen molar-refractivity contribution in [2.24, 2.45) is 0 Å². The Morgan fingerprint density at radius 1 is 1.18 bits per heavy atom. The number of rotatable bonds is 4. The molecule has 142 valence electrons. The molecule has 1 aliphatic heterocycles. The predicted molar refractivity (Wildman–Crippen MR) is 102 cm³/mol. The summed E-state index contributed by atoms with van der Waals surface area (Å²) in [6.45, 7) is 0.303. The van der Waals surface area contributed by atoms with Gasteiger partial charge in [-0.05, 0) is 35.9 Å². The van der Waals surface area contributed by atoms with Gasteiger partial charge in [0.25, 0.3) is 0 Å². The SMILES string of the molecule is COC(=O)c1cccc(Cn2nc3n(c2=O)C(=O)N(c2cccc(Cl)c2)C3)c1. The number of carbonyl (C=O) groups is 2. The van der Waals surface area contributed by atoms with Gasteiger partial charge in [-0.25, -0.2) is 19.1 Å². The van der Waals surface area contributed by atoms with Gasteiger partial charge in [0.15, 0.2) is 5.82 Å². The second-order valence-electron chi connectivity index (χ2n) is 6.23. The molecule has 0 bridgehead atoms. The number of methoxy groups -OCH3 is 1. The van der Waals surface area contributed by atoms with Crippen LogP contribution in [0.2, 0.25) is 5.02 Å². The van der Waals surface area contributed by atoms with Crippen molar-refractivity contribution >= 4 is 29.3 Å². The molecular weight excluding hydrogens is 384 g/mol. The fourth-order valence-electron chi connectivity index (χ4n) is 3.11. The predicted octanol–water partition coefficient (Wildman–Crippen LogP) is 2.52. The Morgan fingerprint density at radius 3 is 2.68 bits per heavy atom. The van der Waals surface area contributed by atoms with Crippen LogP contribution in [0.4, 0.5) is 10.5 Å². The van der Waals surface area contributed by atoms with Crippen molar-refractivity contribution in [3.63, 3.8) is 0 Å². The van der Waals surface area contributed by atoms with E-state index in [0.29, 0.717) is 27.7 Å². The molecule has 1 amide bonds. The third kappa shape index (κ3) is 3.07. The third-order valence-electron chi connectivity index (χ3n) is 4.43. The highest BCUT2D eigenvalue weighted by Crippen LogP contribution is 2.25. The lowest BCUT2D eigenvalue weighted by Crippen LogP contribution is -2.35. The molecule has 28 heavy (non-hydrogen) atoms. The van der Waals surface area contributed by atoms with Crippen LogP contribution < -0.4 is 10.6 Å². The van der Waals surface area contributed by atoms with E-state index in [1.807, 2.05) is 0 Å². The number of nitrogens with zero attached hydrogens (tertiary/aromatic N) is 4. The molecule has 2 aromatic carbocycles. The fraction of sp³-hybridized carbons (Fsp3) is 0.158. The molecule has 0 aliphatic carbocycles. The van der Waals surface area contributed by atoms with Crippen LogP contribution in [0.3, 0.4) is 0 Å². The van der Waals surface area contributed by atoms with Gasteiger partial charge in [-0.1, -0.05) is 29.8 Å². The van der Waals surface area contributed by atoms with Gasteiger partial charge < -0.3 is 4.74 Å². The minimum Gasteiger partial charge on any atom is -0.465 e. The average Bonchev–Trinajstić information content (AvgIpc) is 3.18. The quantitative estimate of drug-likeness (QED) is 0.630. The molecule has 2 heterocycles. The first-order valence-corrected chi connectivity index (χ1v) is 8.79. The Hall–Kier alpha value is -3.39. The fourth-order valence-corrected chi connectivity index (χ4v) is 3.30. The highest BCUT2D eigenvalue weighted by Gasteiger charge is 2.33. The summed E-state index contributed by atoms with van der Waals surface area (Å²) in [7, 11) is 1.30. The number of benzene rings is 2. The van der Waals surface area contributed by atoms with E-state index in [1.165, 1.54) is 16.7 Å². The number of ether oxygens (including phenoxy) is 1. The van der Waals surface area contributed by atoms with E-state index >= 15 is 0 Å². The zero-order valence-electron chi connectivity index (χ0n) is 14.8. The lowest BCUT2D eigenvalue weighted by atomic mass is 10.1. The normalized spacial score (nSPS) is 12.9. The summed E-state index contributed by atoms with van der Waals surface area (Å²) in [5.74, 6) is -0.118. The second-order valence-corrected chi connectivity index (χ2v) is 6.67. The summed E-state index contributed by atoms with van der Waals surface area (Å²) in [5.41, 5.74) is 1.14. The summed E-state index contributed by atoms with van der Waals surface area (Å²) in [4.78, 5) is 38.5. The number of carbonyl (C=O) groups excluding carboxylic acids is 2. The van der Waals surface area contributed by atoms with E-state index < -0.39 is 17.7 Å². The van der Waals surface area contributed by atoms with Crippen LogP contribution in [0.25, 0.3) is 0 Å². The number of halogens is 1. The van der Waals surface area contributed by atoms with E-state index in [9.17, 15) is 14.4 Å². The van der Waals surface area contributed by atoms with Gasteiger partial charge in [-0.3, -0.25) is 4.90 Å². The van der Waals surface area contributed by atoms with Crippen molar-refractivity contribution in [1.82, 2.24) is 14.3 Å². The van der Waals surface area contributed by atoms with Crippen LogP contribution >= 0.6 is 11.6 Å². The highest BCUT2D eigenvalue weighted by atomic mass is 35.5. The Bertz CT molecular complexity index is 1150. The lowest BCUT2D eigenvalue weighted by Gasteiger charge is -2.15. The Labute approximate surface area is 164 Å². The lowest BCUT2D eigenvalue weighted by molar-refractivity contribution is 0.0600. The van der Waals surface area contributed by atoms with Crippen molar-refractivity contribution in [3.05, 3.63) is 81.0 Å². The van der Waals surface area contributed by atoms with Crippen molar-refractivity contribution in [1.29, 1.82) is 0 Å². The van der Waals surface area contributed by atoms with E-state index in [2.05, 4.69) is 5.10 Å². The smallest absolute Gasteiger partial charge is 0.354 e. The molecule has 8 nitrogen and oxygen atoms in total. The minimum atomic E-state index is -0.534. The maximum atomic E-state index is 12.7. The van der Waals surface area contributed by atoms with Crippen LogP contribution in [0.5, 0.6) is 0 Å². The van der Waals surface area contributed by atoms with E-state index in [1.54, 1.807) is 48.5 Å². The summed E-state index contributed by atoms with van der Waals surface area (Å²) in [6.07, 6.45) is 0. The Morgan fingerprint density at radius 2 is 1.96 bits per heavy atom. The molecule has 0 N–H and O–H groups in total. The third-order valence-corrected chi connectivity index (χ3v) is 4.66. The summed E-state index contributed by atoms with van der Waals surface area (Å²) in [5, 5.41) is 4.78. The summed E-state index contributed by atoms with van der Waals surface area (Å²) in [6, 6.07) is 13.1. The van der Waals surface area contributed by atoms with Gasteiger partial charge >= 0.3 is 17.7 Å². The van der Waals surface area contributed by atoms with Crippen molar-refractivity contribution in [2.45, 2.75) is 13.1 Å². The highest BCUT2D eigenvalue weighted by molar-refractivity contribution is 6.30. The van der Waals surface area contributed by atoms with E-state index in [4.69, 9.17) is 16.3 Å². The molecular formula is C19H15ClN4O4. The van der Waals surface area contributed by atoms with Gasteiger partial charge in [-0.2, -0.15) is 9.67 Å². The maximum Gasteiger partial charge on any atom is 0.354 e. The molecule has 9 heteroatoms. The first kappa shape index (κ1) is 18.0. The number of anilines is 1. The van der Waals surface area contributed by atoms with E-state index in [0.717, 1.165) is 4.57 Å². The number of aromatic nitrogens is 3. The molecule has 0 saturated carbocycles. The number of hydrogen-bond acceptors (Lipinski definition) is 5.